The Morgan fingerprint density at radius 3 is 1.90 bits per heavy atom. The van der Waals surface area contributed by atoms with Crippen molar-refractivity contribution in [2.24, 2.45) is 7.05 Å². The molecule has 1 aromatic heterocycles. The molecule has 2 nitrogen and oxygen atoms in total. The molecule has 0 fully saturated rings. The second-order valence-corrected chi connectivity index (χ2v) is 9.67. The van der Waals surface area contributed by atoms with Gasteiger partial charge in [0, 0.05) is 0 Å². The van der Waals surface area contributed by atoms with Crippen LogP contribution in [0.15, 0.2) is 49.1 Å². The van der Waals surface area contributed by atoms with Crippen LogP contribution in [-0.4, -0.2) is 24.0 Å². The van der Waals surface area contributed by atoms with Crippen molar-refractivity contribution in [1.82, 2.24) is 4.57 Å². The fourth-order valence-corrected chi connectivity index (χ4v) is 1.39. The van der Waals surface area contributed by atoms with Crippen LogP contribution in [0.25, 0.3) is 0 Å². The molecule has 0 saturated heterocycles. The monoisotopic (exact) mass is 408 g/mol. The Kier molecular flexibility index (Phi) is 4.21. The van der Waals surface area contributed by atoms with Gasteiger partial charge in [-0.1, -0.05) is 30.3 Å². The quantitative estimate of drug-likeness (QED) is 0.408. The van der Waals surface area contributed by atoms with Gasteiger partial charge in [-0.25, -0.2) is 9.13 Å². The van der Waals surface area contributed by atoms with Crippen molar-refractivity contribution in [3.8, 4) is 0 Å². The Labute approximate surface area is 114 Å². The number of halogens is 6. The van der Waals surface area contributed by atoms with Gasteiger partial charge in [-0.3, -0.25) is 0 Å². The molecule has 0 aliphatic rings. The molecule has 0 unspecified atom stereocenters. The maximum absolute atomic E-state index is 11.2. The van der Waals surface area contributed by atoms with E-state index in [2.05, 4.69) is 41.4 Å². The van der Waals surface area contributed by atoms with Gasteiger partial charge in [-0.2, -0.15) is 0 Å². The van der Waals surface area contributed by atoms with E-state index < -0.39 is 19.5 Å². The zero-order valence-corrected chi connectivity index (χ0v) is 13.0. The molecular weight excluding hydrogens is 396 g/mol. The molecule has 0 bridgehead atoms. The molecule has 0 atom stereocenters. The van der Waals surface area contributed by atoms with Gasteiger partial charge in [0.1, 0.15) is 18.9 Å². The fraction of sp³-hybridized carbons (Fsp3) is 0.182. The fourth-order valence-electron chi connectivity index (χ4n) is 1.39. The summed E-state index contributed by atoms with van der Waals surface area (Å²) in [7, 11) is 2.03. The molecule has 9 heteroatoms. The molecule has 2 aromatic rings. The van der Waals surface area contributed by atoms with E-state index in [1.165, 1.54) is 5.56 Å². The summed E-state index contributed by atoms with van der Waals surface area (Å²) in [5.41, 5.74) is 1.33. The maximum atomic E-state index is 9.93. The Morgan fingerprint density at radius 1 is 1.00 bits per heavy atom. The third-order valence-electron chi connectivity index (χ3n) is 2.03. The Bertz CT molecular complexity index is 549. The summed E-state index contributed by atoms with van der Waals surface area (Å²) in [4.78, 5) is 0. The van der Waals surface area contributed by atoms with Crippen molar-refractivity contribution < 1.29 is 21.4 Å². The summed E-state index contributed by atoms with van der Waals surface area (Å²) in [6.45, 7) is 0.946. The van der Waals surface area contributed by atoms with E-state index in [-0.39, 0.29) is 0 Å². The van der Waals surface area contributed by atoms with Gasteiger partial charge >= 0.3 is 36.4 Å². The number of imidazole rings is 1. The van der Waals surface area contributed by atoms with Gasteiger partial charge in [0.25, 0.3) is 0 Å². The van der Waals surface area contributed by atoms with E-state index in [4.69, 9.17) is 0 Å². The van der Waals surface area contributed by atoms with Gasteiger partial charge < -0.3 is 0 Å². The van der Waals surface area contributed by atoms with Crippen LogP contribution in [0, 0.1) is 0 Å². The zero-order chi connectivity index (χ0) is 15.5. The van der Waals surface area contributed by atoms with Crippen molar-refractivity contribution in [2.75, 3.05) is 0 Å². The molecule has 0 aliphatic carbocycles. The summed E-state index contributed by atoms with van der Waals surface area (Å²) in [6, 6.07) is 10.5. The second-order valence-electron chi connectivity index (χ2n) is 4.20. The Morgan fingerprint density at radius 2 is 1.50 bits per heavy atom. The van der Waals surface area contributed by atoms with Gasteiger partial charge in [-0.05, 0) is 5.56 Å². The molecule has 0 amide bonds. The SMILES string of the molecule is C[n+]1ccn(Cc2ccccc2)c1.[F][Sb-]([F])([F])([F])([F])[F]. The predicted octanol–water partition coefficient (Wildman–Crippen LogP) is 3.50. The summed E-state index contributed by atoms with van der Waals surface area (Å²) in [5, 5.41) is 0. The molecule has 0 spiro atoms. The number of rotatable bonds is 2. The molecule has 1 heterocycles. The van der Waals surface area contributed by atoms with Gasteiger partial charge in [0.05, 0.1) is 7.05 Å². The average molecular weight is 409 g/mol. The third kappa shape index (κ3) is 10.7. The number of aryl methyl sites for hydroxylation is 1. The summed E-state index contributed by atoms with van der Waals surface area (Å²) >= 11 is -11.2. The van der Waals surface area contributed by atoms with Gasteiger partial charge in [0.2, 0.25) is 6.33 Å². The molecule has 114 valence electrons. The van der Waals surface area contributed by atoms with Gasteiger partial charge in [0.15, 0.2) is 0 Å². The number of hydrogen-bond acceptors (Lipinski definition) is 0. The summed E-state index contributed by atoms with van der Waals surface area (Å²) < 4.78 is 63.8. The molecule has 0 saturated carbocycles. The van der Waals surface area contributed by atoms with Crippen molar-refractivity contribution >= 4 is 19.5 Å². The second kappa shape index (κ2) is 4.98. The van der Waals surface area contributed by atoms with Gasteiger partial charge in [-0.15, -0.1) is 0 Å². The number of benzene rings is 1. The average Bonchev–Trinajstić information content (AvgIpc) is 2.61. The minimum atomic E-state index is -11.2. The van der Waals surface area contributed by atoms with Crippen LogP contribution >= 0.6 is 0 Å². The summed E-state index contributed by atoms with van der Waals surface area (Å²) in [6.07, 6.45) is 6.20. The van der Waals surface area contributed by atoms with Crippen molar-refractivity contribution in [3.05, 3.63) is 54.6 Å². The van der Waals surface area contributed by atoms with E-state index in [0.717, 1.165) is 6.54 Å². The predicted molar refractivity (Wildman–Crippen MR) is 63.6 cm³/mol. The first-order chi connectivity index (χ1) is 8.79. The molecule has 0 radical (unpaired) electrons. The number of aromatic nitrogens is 2. The molecular formula is C11H13F6N2Sb. The molecule has 20 heavy (non-hydrogen) atoms. The first-order valence-electron chi connectivity index (χ1n) is 5.41. The van der Waals surface area contributed by atoms with E-state index in [1.807, 2.05) is 23.9 Å². The van der Waals surface area contributed by atoms with E-state index in [9.17, 15) is 16.9 Å². The van der Waals surface area contributed by atoms with Crippen LogP contribution < -0.4 is 4.57 Å². The molecule has 1 aromatic carbocycles. The Hall–Kier alpha value is -1.17. The van der Waals surface area contributed by atoms with E-state index in [0.29, 0.717) is 0 Å². The first-order valence-corrected chi connectivity index (χ1v) is 11.2. The van der Waals surface area contributed by atoms with Crippen LogP contribution in [0.2, 0.25) is 0 Å². The molecule has 0 N–H and O–H groups in total. The zero-order valence-electron chi connectivity index (χ0n) is 10.4. The van der Waals surface area contributed by atoms with Crippen molar-refractivity contribution in [1.29, 1.82) is 0 Å². The van der Waals surface area contributed by atoms with Crippen LogP contribution in [-0.2, 0) is 13.6 Å². The number of hydrogen-bond donors (Lipinski definition) is 0. The van der Waals surface area contributed by atoms with Crippen LogP contribution in [0.1, 0.15) is 5.56 Å². The first kappa shape index (κ1) is 16.9. The standard InChI is InChI=1S/C11H13N2.6FH.Sb/c1-12-7-8-13(10-12)9-11-5-3-2-4-6-11;;;;;;;/h2-8,10H,9H2,1H3;6*1H;/q+1;;;;;;;+5/p-6. The van der Waals surface area contributed by atoms with Crippen LogP contribution in [0.3, 0.4) is 0 Å². The number of nitrogens with zero attached hydrogens (tertiary/aromatic N) is 2. The van der Waals surface area contributed by atoms with E-state index >= 15 is 0 Å². The molecule has 0 aliphatic heterocycles. The topological polar surface area (TPSA) is 8.81 Å². The van der Waals surface area contributed by atoms with E-state index in [1.54, 1.807) is 0 Å². The van der Waals surface area contributed by atoms with Crippen LogP contribution in [0.5, 0.6) is 0 Å². The summed E-state index contributed by atoms with van der Waals surface area (Å²) in [5.74, 6) is 0. The van der Waals surface area contributed by atoms with Crippen molar-refractivity contribution in [2.45, 2.75) is 6.54 Å². The minimum absolute atomic E-state index is 0.946. The Balaban J connectivity index is 0.000000246. The van der Waals surface area contributed by atoms with Crippen molar-refractivity contribution in [3.63, 3.8) is 0 Å². The molecule has 2 rings (SSSR count). The third-order valence-corrected chi connectivity index (χ3v) is 2.03. The van der Waals surface area contributed by atoms with Crippen LogP contribution in [0.4, 0.5) is 16.9 Å². The normalized spacial score (nSPS) is 14.8.